The number of hydrogen-bond acceptors (Lipinski definition) is 1. The van der Waals surface area contributed by atoms with Gasteiger partial charge in [-0.05, 0) is 41.4 Å². The predicted molar refractivity (Wildman–Crippen MR) is 86.8 cm³/mol. The molecule has 0 aliphatic heterocycles. The molecule has 0 aromatic heterocycles. The van der Waals surface area contributed by atoms with E-state index in [0.29, 0.717) is 0 Å². The van der Waals surface area contributed by atoms with E-state index in [1.165, 1.54) is 42.1 Å². The number of benzene rings is 1. The Morgan fingerprint density at radius 2 is 1.63 bits per heavy atom. The van der Waals surface area contributed by atoms with E-state index in [2.05, 4.69) is 54.9 Å². The second kappa shape index (κ2) is 7.44. The van der Waals surface area contributed by atoms with E-state index in [1.54, 1.807) is 5.56 Å². The van der Waals surface area contributed by atoms with Gasteiger partial charge in [-0.2, -0.15) is 0 Å². The van der Waals surface area contributed by atoms with Gasteiger partial charge in [-0.1, -0.05) is 68.1 Å². The molecule has 1 aliphatic rings. The first-order valence-corrected chi connectivity index (χ1v) is 8.02. The quantitative estimate of drug-likeness (QED) is 0.732. The van der Waals surface area contributed by atoms with Crippen molar-refractivity contribution in [3.63, 3.8) is 0 Å². The third-order valence-electron chi connectivity index (χ3n) is 3.88. The second-order valence-electron chi connectivity index (χ2n) is 6.32. The molecule has 0 atom stereocenters. The van der Waals surface area contributed by atoms with Crippen LogP contribution in [0.4, 0.5) is 0 Å². The van der Waals surface area contributed by atoms with Crippen molar-refractivity contribution in [2.24, 2.45) is 0 Å². The van der Waals surface area contributed by atoms with Gasteiger partial charge >= 0.3 is 0 Å². The normalized spacial score (nSPS) is 16.7. The average Bonchev–Trinajstić information content (AvgIpc) is 2.41. The summed E-state index contributed by atoms with van der Waals surface area (Å²) in [5.41, 5.74) is 3.22. The summed E-state index contributed by atoms with van der Waals surface area (Å²) in [5.74, 6) is 0.804. The molecule has 108 valence electrons. The first-order valence-electron chi connectivity index (χ1n) is 7.23. The van der Waals surface area contributed by atoms with Gasteiger partial charge in [0.05, 0.1) is 0 Å². The first-order chi connectivity index (χ1) is 8.98. The maximum Gasteiger partial charge on any atom is 0.0319 e. The highest BCUT2D eigenvalue weighted by Gasteiger charge is 2.21. The highest BCUT2D eigenvalue weighted by atomic mass is 79.9. The Hall–Kier alpha value is -0.340. The second-order valence-corrected chi connectivity index (χ2v) is 7.18. The zero-order chi connectivity index (χ0) is 14.5. The van der Waals surface area contributed by atoms with Crippen LogP contribution in [0.1, 0.15) is 69.9 Å². The monoisotopic (exact) mass is 326 g/mol. The van der Waals surface area contributed by atoms with Gasteiger partial charge in [-0.25, -0.2) is 0 Å². The number of aliphatic hydroxyl groups excluding tert-OH is 1. The molecular weight excluding hydrogens is 300 g/mol. The van der Waals surface area contributed by atoms with Crippen molar-refractivity contribution in [2.75, 3.05) is 7.11 Å². The molecule has 0 amide bonds. The van der Waals surface area contributed by atoms with Gasteiger partial charge in [-0.15, -0.1) is 0 Å². The van der Waals surface area contributed by atoms with Crippen LogP contribution in [-0.4, -0.2) is 12.2 Å². The van der Waals surface area contributed by atoms with Crippen LogP contribution < -0.4 is 0 Å². The maximum absolute atomic E-state index is 7.00. The minimum absolute atomic E-state index is 0.226. The minimum Gasteiger partial charge on any atom is -0.400 e. The van der Waals surface area contributed by atoms with Gasteiger partial charge in [0, 0.05) is 11.6 Å². The van der Waals surface area contributed by atoms with Crippen LogP contribution in [0, 0.1) is 0 Å². The summed E-state index contributed by atoms with van der Waals surface area (Å²) in [4.78, 5) is 0. The Bertz CT molecular complexity index is 387. The summed E-state index contributed by atoms with van der Waals surface area (Å²) in [6.07, 6.45) is 7.01. The third kappa shape index (κ3) is 4.61. The van der Waals surface area contributed by atoms with E-state index in [9.17, 15) is 0 Å². The molecule has 0 heterocycles. The molecule has 19 heavy (non-hydrogen) atoms. The lowest BCUT2D eigenvalue weighted by molar-refractivity contribution is 0.399. The van der Waals surface area contributed by atoms with E-state index >= 15 is 0 Å². The molecule has 0 bridgehead atoms. The number of rotatable bonds is 1. The summed E-state index contributed by atoms with van der Waals surface area (Å²) >= 11 is 3.69. The van der Waals surface area contributed by atoms with E-state index in [-0.39, 0.29) is 5.41 Å². The molecule has 2 rings (SSSR count). The molecule has 0 radical (unpaired) electrons. The number of hydrogen-bond donors (Lipinski definition) is 1. The number of halogens is 1. The van der Waals surface area contributed by atoms with Crippen molar-refractivity contribution in [2.45, 2.75) is 64.2 Å². The molecular formula is C17H27BrO. The largest absolute Gasteiger partial charge is 0.400 e. The highest BCUT2D eigenvalue weighted by molar-refractivity contribution is 9.10. The van der Waals surface area contributed by atoms with Gasteiger partial charge in [0.2, 0.25) is 0 Å². The summed E-state index contributed by atoms with van der Waals surface area (Å²) in [6, 6.07) is 6.99. The fourth-order valence-corrected chi connectivity index (χ4v) is 3.65. The van der Waals surface area contributed by atoms with E-state index in [1.807, 2.05) is 0 Å². The van der Waals surface area contributed by atoms with E-state index in [4.69, 9.17) is 5.11 Å². The van der Waals surface area contributed by atoms with E-state index < -0.39 is 0 Å². The smallest absolute Gasteiger partial charge is 0.0319 e. The third-order valence-corrected chi connectivity index (χ3v) is 4.57. The predicted octanol–water partition coefficient (Wildman–Crippen LogP) is 5.40. The van der Waals surface area contributed by atoms with Crippen LogP contribution >= 0.6 is 15.9 Å². The van der Waals surface area contributed by atoms with Crippen LogP contribution in [0.25, 0.3) is 0 Å². The summed E-state index contributed by atoms with van der Waals surface area (Å²) < 4.78 is 1.25. The molecule has 1 saturated carbocycles. The zero-order valence-corrected chi connectivity index (χ0v) is 14.3. The van der Waals surface area contributed by atoms with Gasteiger partial charge < -0.3 is 5.11 Å². The lowest BCUT2D eigenvalue weighted by Crippen LogP contribution is -2.13. The first kappa shape index (κ1) is 16.7. The Kier molecular flexibility index (Phi) is 6.55. The molecule has 1 aliphatic carbocycles. The lowest BCUT2D eigenvalue weighted by Gasteiger charge is -2.26. The summed E-state index contributed by atoms with van der Waals surface area (Å²) in [7, 11) is 1.00. The maximum atomic E-state index is 7.00. The number of aliphatic hydroxyl groups is 1. The Labute approximate surface area is 126 Å². The molecule has 0 spiro atoms. The van der Waals surface area contributed by atoms with Gasteiger partial charge in [0.15, 0.2) is 0 Å². The molecule has 1 N–H and O–H groups in total. The van der Waals surface area contributed by atoms with Crippen molar-refractivity contribution >= 4 is 15.9 Å². The molecule has 1 nitrogen and oxygen atoms in total. The standard InChI is InChI=1S/C16H23Br.CH4O/c1-16(2,3)14-11-13(9-10-15(14)17)12-7-5-4-6-8-12;1-2/h9-12H,4-8H2,1-3H3;2H,1H3. The molecule has 0 unspecified atom stereocenters. The van der Waals surface area contributed by atoms with Crippen molar-refractivity contribution in [3.05, 3.63) is 33.8 Å². The van der Waals surface area contributed by atoms with Crippen LogP contribution in [-0.2, 0) is 5.41 Å². The van der Waals surface area contributed by atoms with Crippen molar-refractivity contribution in [3.8, 4) is 0 Å². The Balaban J connectivity index is 0.000000861. The van der Waals surface area contributed by atoms with Crippen LogP contribution in [0.3, 0.4) is 0 Å². The van der Waals surface area contributed by atoms with Gasteiger partial charge in [0.1, 0.15) is 0 Å². The molecule has 2 heteroatoms. The minimum atomic E-state index is 0.226. The van der Waals surface area contributed by atoms with E-state index in [0.717, 1.165) is 13.0 Å². The summed E-state index contributed by atoms with van der Waals surface area (Å²) in [5, 5.41) is 7.00. The molecule has 1 aromatic carbocycles. The fraction of sp³-hybridized carbons (Fsp3) is 0.647. The lowest BCUT2D eigenvalue weighted by atomic mass is 9.80. The fourth-order valence-electron chi connectivity index (χ4n) is 2.81. The zero-order valence-electron chi connectivity index (χ0n) is 12.7. The van der Waals surface area contributed by atoms with Crippen molar-refractivity contribution < 1.29 is 5.11 Å². The molecule has 0 saturated heterocycles. The van der Waals surface area contributed by atoms with Gasteiger partial charge in [0.25, 0.3) is 0 Å². The Morgan fingerprint density at radius 1 is 1.05 bits per heavy atom. The average molecular weight is 327 g/mol. The van der Waals surface area contributed by atoms with Gasteiger partial charge in [-0.3, -0.25) is 0 Å². The molecule has 1 fully saturated rings. The Morgan fingerprint density at radius 3 is 2.16 bits per heavy atom. The van der Waals surface area contributed by atoms with Crippen molar-refractivity contribution in [1.29, 1.82) is 0 Å². The van der Waals surface area contributed by atoms with Crippen LogP contribution in [0.5, 0.6) is 0 Å². The van der Waals surface area contributed by atoms with Crippen LogP contribution in [0.2, 0.25) is 0 Å². The summed E-state index contributed by atoms with van der Waals surface area (Å²) in [6.45, 7) is 6.87. The highest BCUT2D eigenvalue weighted by Crippen LogP contribution is 2.37. The SMILES string of the molecule is CC(C)(C)c1cc(C2CCCCC2)ccc1Br.CO. The van der Waals surface area contributed by atoms with Crippen LogP contribution in [0.15, 0.2) is 22.7 Å². The molecule has 1 aromatic rings. The van der Waals surface area contributed by atoms with Crippen molar-refractivity contribution in [1.82, 2.24) is 0 Å². The topological polar surface area (TPSA) is 20.2 Å².